The van der Waals surface area contributed by atoms with Gasteiger partial charge in [-0.25, -0.2) is 0 Å². The third-order valence-corrected chi connectivity index (χ3v) is 6.04. The number of carbonyl (C=O) groups excluding carboxylic acids is 1. The predicted octanol–water partition coefficient (Wildman–Crippen LogP) is 4.33. The molecule has 1 saturated carbocycles. The van der Waals surface area contributed by atoms with Crippen LogP contribution in [0.25, 0.3) is 0 Å². The molecule has 2 aromatic rings. The van der Waals surface area contributed by atoms with Crippen molar-refractivity contribution in [2.45, 2.75) is 50.5 Å². The third kappa shape index (κ3) is 2.97. The van der Waals surface area contributed by atoms with Gasteiger partial charge >= 0.3 is 0 Å². The zero-order valence-electron chi connectivity index (χ0n) is 14.7. The number of nitrogens with zero attached hydrogens (tertiary/aromatic N) is 2. The number of likely N-dealkylation sites (tertiary alicyclic amines) is 1. The summed E-state index contributed by atoms with van der Waals surface area (Å²) >= 11 is 0. The standard InChI is InChI=1S/C22H26N2O/c25-21(14-8-13-20-12-5-7-16-23-20)24-17-19-11-4-6-15-22(19,24)18-9-2-1-3-10-18/h1-3,5,7,9-10,12,16,19H,4,6,8,11,13-15,17H2/t19-,22+/m1/s1. The Morgan fingerprint density at radius 2 is 1.96 bits per heavy atom. The normalized spacial score (nSPS) is 25.1. The lowest BCUT2D eigenvalue weighted by Crippen LogP contribution is -2.67. The third-order valence-electron chi connectivity index (χ3n) is 6.04. The molecule has 1 aliphatic heterocycles. The van der Waals surface area contributed by atoms with E-state index >= 15 is 0 Å². The first-order valence-electron chi connectivity index (χ1n) is 9.56. The molecule has 0 unspecified atom stereocenters. The van der Waals surface area contributed by atoms with Crippen molar-refractivity contribution >= 4 is 5.91 Å². The van der Waals surface area contributed by atoms with Gasteiger partial charge < -0.3 is 4.90 Å². The van der Waals surface area contributed by atoms with Gasteiger partial charge in [-0.3, -0.25) is 9.78 Å². The number of aryl methyl sites for hydroxylation is 1. The van der Waals surface area contributed by atoms with Crippen LogP contribution in [0, 0.1) is 5.92 Å². The fourth-order valence-electron chi connectivity index (χ4n) is 4.79. The molecule has 3 nitrogen and oxygen atoms in total. The molecule has 1 aliphatic carbocycles. The molecule has 2 atom stereocenters. The maximum atomic E-state index is 13.0. The van der Waals surface area contributed by atoms with Crippen molar-refractivity contribution in [2.24, 2.45) is 5.92 Å². The van der Waals surface area contributed by atoms with Gasteiger partial charge in [0.2, 0.25) is 5.91 Å². The monoisotopic (exact) mass is 334 g/mol. The molecule has 3 heteroatoms. The molecule has 0 spiro atoms. The Kier molecular flexibility index (Phi) is 4.56. The van der Waals surface area contributed by atoms with Gasteiger partial charge in [0.15, 0.2) is 0 Å². The molecule has 1 aromatic heterocycles. The number of carbonyl (C=O) groups is 1. The summed E-state index contributed by atoms with van der Waals surface area (Å²) in [7, 11) is 0. The highest BCUT2D eigenvalue weighted by Crippen LogP contribution is 2.53. The number of pyridine rings is 1. The fraction of sp³-hybridized carbons (Fsp3) is 0.455. The second kappa shape index (κ2) is 6.99. The lowest BCUT2D eigenvalue weighted by atomic mass is 9.61. The summed E-state index contributed by atoms with van der Waals surface area (Å²) in [5.74, 6) is 0.960. The summed E-state index contributed by atoms with van der Waals surface area (Å²) in [6, 6.07) is 16.7. The molecule has 2 aliphatic rings. The van der Waals surface area contributed by atoms with Crippen LogP contribution < -0.4 is 0 Å². The Labute approximate surface area is 150 Å². The van der Waals surface area contributed by atoms with E-state index in [4.69, 9.17) is 0 Å². The Bertz CT molecular complexity index is 715. The Morgan fingerprint density at radius 3 is 2.72 bits per heavy atom. The molecule has 2 fully saturated rings. The van der Waals surface area contributed by atoms with Crippen LogP contribution >= 0.6 is 0 Å². The molecule has 2 heterocycles. The highest BCUT2D eigenvalue weighted by Gasteiger charge is 2.56. The fourth-order valence-corrected chi connectivity index (χ4v) is 4.79. The van der Waals surface area contributed by atoms with E-state index in [2.05, 4.69) is 40.2 Å². The number of aromatic nitrogens is 1. The maximum absolute atomic E-state index is 13.0. The van der Waals surface area contributed by atoms with Crippen LogP contribution in [0.4, 0.5) is 0 Å². The largest absolute Gasteiger partial charge is 0.332 e. The van der Waals surface area contributed by atoms with Crippen molar-refractivity contribution in [3.05, 3.63) is 66.0 Å². The van der Waals surface area contributed by atoms with Gasteiger partial charge in [-0.05, 0) is 43.4 Å². The zero-order chi connectivity index (χ0) is 17.1. The van der Waals surface area contributed by atoms with Gasteiger partial charge in [0.05, 0.1) is 5.54 Å². The number of hydrogen-bond donors (Lipinski definition) is 0. The first kappa shape index (κ1) is 16.3. The van der Waals surface area contributed by atoms with Gasteiger partial charge in [0.25, 0.3) is 0 Å². The summed E-state index contributed by atoms with van der Waals surface area (Å²) in [4.78, 5) is 19.5. The van der Waals surface area contributed by atoms with Crippen molar-refractivity contribution < 1.29 is 4.79 Å². The van der Waals surface area contributed by atoms with E-state index in [1.165, 1.54) is 24.8 Å². The number of amides is 1. The molecule has 0 radical (unpaired) electrons. The minimum absolute atomic E-state index is 0.0262. The number of rotatable bonds is 5. The van der Waals surface area contributed by atoms with Gasteiger partial charge in [0.1, 0.15) is 0 Å². The zero-order valence-corrected chi connectivity index (χ0v) is 14.7. The molecular weight excluding hydrogens is 308 g/mol. The van der Waals surface area contributed by atoms with Crippen molar-refractivity contribution in [1.29, 1.82) is 0 Å². The smallest absolute Gasteiger partial charge is 0.223 e. The second-order valence-electron chi connectivity index (χ2n) is 7.41. The van der Waals surface area contributed by atoms with Crippen LogP contribution in [0.5, 0.6) is 0 Å². The van der Waals surface area contributed by atoms with E-state index in [1.54, 1.807) is 0 Å². The van der Waals surface area contributed by atoms with Crippen LogP contribution in [-0.4, -0.2) is 22.3 Å². The van der Waals surface area contributed by atoms with Gasteiger partial charge in [0, 0.05) is 30.8 Å². The number of benzene rings is 1. The van der Waals surface area contributed by atoms with Crippen LogP contribution in [-0.2, 0) is 16.8 Å². The lowest BCUT2D eigenvalue weighted by molar-refractivity contribution is -0.166. The van der Waals surface area contributed by atoms with E-state index in [9.17, 15) is 4.79 Å². The molecule has 0 N–H and O–H groups in total. The molecule has 1 amide bonds. The van der Waals surface area contributed by atoms with E-state index in [0.29, 0.717) is 18.2 Å². The Morgan fingerprint density at radius 1 is 1.12 bits per heavy atom. The summed E-state index contributed by atoms with van der Waals surface area (Å²) in [6.45, 7) is 0.942. The first-order chi connectivity index (χ1) is 12.3. The minimum atomic E-state index is -0.0262. The Balaban J connectivity index is 1.45. The van der Waals surface area contributed by atoms with E-state index in [-0.39, 0.29) is 5.54 Å². The van der Waals surface area contributed by atoms with Gasteiger partial charge in [-0.2, -0.15) is 0 Å². The molecular formula is C22H26N2O. The van der Waals surface area contributed by atoms with E-state index < -0.39 is 0 Å². The van der Waals surface area contributed by atoms with Crippen LogP contribution in [0.15, 0.2) is 54.7 Å². The number of fused-ring (bicyclic) bond motifs is 1. The topological polar surface area (TPSA) is 33.2 Å². The second-order valence-corrected chi connectivity index (χ2v) is 7.41. The van der Waals surface area contributed by atoms with E-state index in [0.717, 1.165) is 31.5 Å². The average molecular weight is 334 g/mol. The van der Waals surface area contributed by atoms with Gasteiger partial charge in [-0.15, -0.1) is 0 Å². The molecule has 4 rings (SSSR count). The molecule has 1 saturated heterocycles. The van der Waals surface area contributed by atoms with Crippen molar-refractivity contribution in [1.82, 2.24) is 9.88 Å². The number of hydrogen-bond acceptors (Lipinski definition) is 2. The lowest BCUT2D eigenvalue weighted by Gasteiger charge is -2.61. The Hall–Kier alpha value is -2.16. The highest BCUT2D eigenvalue weighted by atomic mass is 16.2. The highest BCUT2D eigenvalue weighted by molar-refractivity contribution is 5.78. The van der Waals surface area contributed by atoms with Crippen LogP contribution in [0.3, 0.4) is 0 Å². The van der Waals surface area contributed by atoms with Crippen molar-refractivity contribution in [3.63, 3.8) is 0 Å². The summed E-state index contributed by atoms with van der Waals surface area (Å²) in [5.41, 5.74) is 2.39. The molecule has 130 valence electrons. The summed E-state index contributed by atoms with van der Waals surface area (Å²) < 4.78 is 0. The first-order valence-corrected chi connectivity index (χ1v) is 9.56. The quantitative estimate of drug-likeness (QED) is 0.815. The van der Waals surface area contributed by atoms with Crippen molar-refractivity contribution in [3.8, 4) is 0 Å². The van der Waals surface area contributed by atoms with Crippen LogP contribution in [0.2, 0.25) is 0 Å². The predicted molar refractivity (Wildman–Crippen MR) is 99.0 cm³/mol. The maximum Gasteiger partial charge on any atom is 0.223 e. The molecule has 1 aromatic carbocycles. The SMILES string of the molecule is O=C(CCCc1ccccn1)N1C[C@H]2CCCC[C@]21c1ccccc1. The molecule has 0 bridgehead atoms. The van der Waals surface area contributed by atoms with Crippen LogP contribution in [0.1, 0.15) is 49.8 Å². The van der Waals surface area contributed by atoms with E-state index in [1.807, 2.05) is 24.4 Å². The average Bonchev–Trinajstić information content (AvgIpc) is 2.64. The van der Waals surface area contributed by atoms with Crippen molar-refractivity contribution in [2.75, 3.05) is 6.54 Å². The minimum Gasteiger partial charge on any atom is -0.332 e. The molecule has 25 heavy (non-hydrogen) atoms. The summed E-state index contributed by atoms with van der Waals surface area (Å²) in [5, 5.41) is 0. The summed E-state index contributed by atoms with van der Waals surface area (Å²) in [6.07, 6.45) is 9.11. The van der Waals surface area contributed by atoms with Gasteiger partial charge in [-0.1, -0.05) is 49.2 Å².